The topological polar surface area (TPSA) is 142 Å². The van der Waals surface area contributed by atoms with Crippen LogP contribution in [0.2, 0.25) is 0 Å². The van der Waals surface area contributed by atoms with Crippen LogP contribution in [0.3, 0.4) is 0 Å². The largest absolute Gasteiger partial charge is 0.482 e. The first-order chi connectivity index (χ1) is 22.2. The Morgan fingerprint density at radius 1 is 1.15 bits per heavy atom. The Hall–Kier alpha value is -4.43. The highest BCUT2D eigenvalue weighted by Gasteiger charge is 2.60. The predicted octanol–water partition coefficient (Wildman–Crippen LogP) is 5.65. The molecule has 1 aromatic heterocycles. The van der Waals surface area contributed by atoms with E-state index in [0.29, 0.717) is 40.8 Å². The lowest BCUT2D eigenvalue weighted by atomic mass is 9.70. The molecule has 1 aliphatic heterocycles. The molecule has 14 heteroatoms. The van der Waals surface area contributed by atoms with Crippen LogP contribution in [0.4, 0.5) is 33.5 Å². The van der Waals surface area contributed by atoms with Gasteiger partial charge in [-0.2, -0.15) is 13.2 Å². The van der Waals surface area contributed by atoms with Gasteiger partial charge in [-0.25, -0.2) is 13.8 Å². The summed E-state index contributed by atoms with van der Waals surface area (Å²) in [5, 5.41) is 21.1. The Kier molecular flexibility index (Phi) is 10.7. The highest BCUT2D eigenvalue weighted by molar-refractivity contribution is 6.03. The maximum Gasteiger partial charge on any atom is 0.417 e. The zero-order valence-corrected chi connectivity index (χ0v) is 26.0. The number of fused-ring (bicyclic) bond motifs is 1. The highest BCUT2D eigenvalue weighted by Crippen LogP contribution is 2.48. The fourth-order valence-electron chi connectivity index (χ4n) is 5.78. The lowest BCUT2D eigenvalue weighted by Crippen LogP contribution is -2.56. The van der Waals surface area contributed by atoms with Gasteiger partial charge in [-0.3, -0.25) is 9.59 Å². The van der Waals surface area contributed by atoms with Gasteiger partial charge in [0.2, 0.25) is 0 Å². The summed E-state index contributed by atoms with van der Waals surface area (Å²) < 4.78 is 72.4. The average Bonchev–Trinajstić information content (AvgIpc) is 3.01. The second kappa shape index (κ2) is 14.1. The smallest absolute Gasteiger partial charge is 0.417 e. The molecule has 5 N–H and O–H groups in total. The number of aromatic nitrogens is 1. The zero-order valence-electron chi connectivity index (χ0n) is 26.0. The summed E-state index contributed by atoms with van der Waals surface area (Å²) in [7, 11) is 1.50. The summed E-state index contributed by atoms with van der Waals surface area (Å²) in [5.74, 6) is -2.39. The highest BCUT2D eigenvalue weighted by atomic mass is 19.4. The molecule has 0 spiro atoms. The van der Waals surface area contributed by atoms with Crippen molar-refractivity contribution in [3.05, 3.63) is 70.4 Å². The standard InChI is InChI=1S/C32H31F5N4O4.CH5N/c1-17(2)7-25-22(15-42)29(21(12-38)30(40-25)39-13-19-10-31(44,11-19)32(35,36)37)20-4-6-26-27(9-20)45-16-28(43)41(26)14-18-3-5-23(33)24(34)8-18;1-2/h3-6,8-9,12,15,17,19,38,44H,7,10-11,13-14,16H2,1-2H3,(H,39,40);2H2,1H3. The van der Waals surface area contributed by atoms with E-state index in [1.54, 1.807) is 18.2 Å². The number of amides is 1. The molecule has 2 aliphatic rings. The number of aliphatic hydroxyl groups is 1. The number of benzene rings is 2. The number of halogens is 5. The molecule has 5 rings (SSSR count). The molecular formula is C33H36F5N5O4. The van der Waals surface area contributed by atoms with Crippen LogP contribution in [0.25, 0.3) is 11.1 Å². The summed E-state index contributed by atoms with van der Waals surface area (Å²) in [6.45, 7) is 3.55. The second-order valence-electron chi connectivity index (χ2n) is 11.9. The number of nitrogens with one attached hydrogen (secondary N) is 2. The molecule has 2 heterocycles. The number of hydrogen-bond donors (Lipinski definition) is 4. The number of carbonyl (C=O) groups is 2. The van der Waals surface area contributed by atoms with Gasteiger partial charge in [-0.05, 0) is 73.5 Å². The lowest BCUT2D eigenvalue weighted by molar-refractivity contribution is -0.297. The van der Waals surface area contributed by atoms with E-state index in [9.17, 15) is 36.6 Å². The number of nitrogens with two attached hydrogens (primary N) is 1. The molecule has 0 atom stereocenters. The van der Waals surface area contributed by atoms with Crippen molar-refractivity contribution in [2.45, 2.75) is 51.4 Å². The molecule has 0 radical (unpaired) electrons. The van der Waals surface area contributed by atoms with Gasteiger partial charge in [0.25, 0.3) is 5.91 Å². The third kappa shape index (κ3) is 7.28. The molecule has 1 fully saturated rings. The Bertz CT molecular complexity index is 1660. The Morgan fingerprint density at radius 3 is 2.45 bits per heavy atom. The lowest BCUT2D eigenvalue weighted by Gasteiger charge is -2.44. The minimum atomic E-state index is -4.73. The fourth-order valence-corrected chi connectivity index (χ4v) is 5.78. The molecular weight excluding hydrogens is 625 g/mol. The van der Waals surface area contributed by atoms with Gasteiger partial charge >= 0.3 is 6.18 Å². The first kappa shape index (κ1) is 35.4. The van der Waals surface area contributed by atoms with Crippen molar-refractivity contribution >= 4 is 29.9 Å². The summed E-state index contributed by atoms with van der Waals surface area (Å²) in [5.41, 5.74) is 4.19. The summed E-state index contributed by atoms with van der Waals surface area (Å²) in [6.07, 6.45) is -3.63. The molecule has 9 nitrogen and oxygen atoms in total. The van der Waals surface area contributed by atoms with Crippen LogP contribution in [0.5, 0.6) is 5.75 Å². The minimum absolute atomic E-state index is 0.0520. The number of anilines is 2. The molecule has 2 aromatic carbocycles. The van der Waals surface area contributed by atoms with E-state index in [1.165, 1.54) is 18.0 Å². The van der Waals surface area contributed by atoms with E-state index < -0.39 is 48.1 Å². The molecule has 0 saturated heterocycles. The van der Waals surface area contributed by atoms with Gasteiger partial charge in [0.15, 0.2) is 30.1 Å². The van der Waals surface area contributed by atoms with Gasteiger partial charge in [0.05, 0.1) is 17.9 Å². The van der Waals surface area contributed by atoms with Crippen molar-refractivity contribution in [1.29, 1.82) is 5.41 Å². The van der Waals surface area contributed by atoms with Gasteiger partial charge in [-0.1, -0.05) is 26.0 Å². The maximum absolute atomic E-state index is 13.8. The maximum atomic E-state index is 13.8. The summed E-state index contributed by atoms with van der Waals surface area (Å²) in [4.78, 5) is 31.3. The molecule has 252 valence electrons. The Labute approximate surface area is 268 Å². The summed E-state index contributed by atoms with van der Waals surface area (Å²) in [6, 6.07) is 8.18. The number of rotatable bonds is 10. The molecule has 1 saturated carbocycles. The van der Waals surface area contributed by atoms with Crippen LogP contribution in [0.15, 0.2) is 36.4 Å². The van der Waals surface area contributed by atoms with Gasteiger partial charge in [0.1, 0.15) is 11.6 Å². The SMILES string of the molecule is CC(C)Cc1nc(NCC2CC(O)(C(F)(F)F)C2)c(C=N)c(-c2ccc3c(c2)OCC(=O)N3Cc2ccc(F)c(F)c2)c1C=O.CN. The molecule has 0 unspecified atom stereocenters. The van der Waals surface area contributed by atoms with E-state index in [0.717, 1.165) is 18.3 Å². The first-order valence-corrected chi connectivity index (χ1v) is 14.9. The summed E-state index contributed by atoms with van der Waals surface area (Å²) >= 11 is 0. The predicted molar refractivity (Wildman–Crippen MR) is 167 cm³/mol. The normalized spacial score (nSPS) is 18.8. The Balaban J connectivity index is 0.00000245. The van der Waals surface area contributed by atoms with Crippen LogP contribution in [0.1, 0.15) is 53.9 Å². The number of ether oxygens (including phenoxy) is 1. The van der Waals surface area contributed by atoms with Crippen molar-refractivity contribution in [1.82, 2.24) is 4.98 Å². The number of pyridine rings is 1. The molecule has 3 aromatic rings. The van der Waals surface area contributed by atoms with Crippen LogP contribution in [0, 0.1) is 28.9 Å². The molecule has 1 aliphatic carbocycles. The number of nitrogens with zero attached hydrogens (tertiary/aromatic N) is 2. The van der Waals surface area contributed by atoms with Crippen molar-refractivity contribution in [3.63, 3.8) is 0 Å². The number of aldehydes is 1. The number of alkyl halides is 3. The fraction of sp³-hybridized carbons (Fsp3) is 0.394. The number of carbonyl (C=O) groups excluding carboxylic acids is 2. The van der Waals surface area contributed by atoms with Gasteiger partial charge in [-0.15, -0.1) is 0 Å². The van der Waals surface area contributed by atoms with E-state index in [1.807, 2.05) is 13.8 Å². The van der Waals surface area contributed by atoms with E-state index >= 15 is 0 Å². The van der Waals surface area contributed by atoms with Crippen LogP contribution >= 0.6 is 0 Å². The third-order valence-corrected chi connectivity index (χ3v) is 8.07. The van der Waals surface area contributed by atoms with Crippen molar-refractivity contribution in [2.75, 3.05) is 30.4 Å². The molecule has 0 bridgehead atoms. The monoisotopic (exact) mass is 661 g/mol. The molecule has 47 heavy (non-hydrogen) atoms. The minimum Gasteiger partial charge on any atom is -0.482 e. The Morgan fingerprint density at radius 2 is 1.85 bits per heavy atom. The van der Waals surface area contributed by atoms with Crippen LogP contribution in [-0.2, 0) is 17.8 Å². The number of hydrogen-bond acceptors (Lipinski definition) is 8. The zero-order chi connectivity index (χ0) is 34.7. The van der Waals surface area contributed by atoms with Crippen molar-refractivity contribution in [2.24, 2.45) is 17.6 Å². The van der Waals surface area contributed by atoms with Gasteiger partial charge < -0.3 is 31.2 Å². The van der Waals surface area contributed by atoms with E-state index in [2.05, 4.69) is 16.0 Å². The molecule has 1 amide bonds. The van der Waals surface area contributed by atoms with Crippen LogP contribution < -0.4 is 20.7 Å². The quantitative estimate of drug-likeness (QED) is 0.125. The average molecular weight is 662 g/mol. The van der Waals surface area contributed by atoms with E-state index in [4.69, 9.17) is 10.1 Å². The van der Waals surface area contributed by atoms with E-state index in [-0.39, 0.29) is 48.3 Å². The third-order valence-electron chi connectivity index (χ3n) is 8.07. The second-order valence-corrected chi connectivity index (χ2v) is 11.9. The van der Waals surface area contributed by atoms with Crippen molar-refractivity contribution < 1.29 is 41.4 Å². The first-order valence-electron chi connectivity index (χ1n) is 14.9. The van der Waals surface area contributed by atoms with Crippen molar-refractivity contribution in [3.8, 4) is 16.9 Å². The van der Waals surface area contributed by atoms with Gasteiger partial charge in [0, 0.05) is 29.4 Å². The van der Waals surface area contributed by atoms with Crippen LogP contribution in [-0.4, -0.2) is 60.5 Å².